The van der Waals surface area contributed by atoms with Crippen LogP contribution in [-0.2, 0) is 16.1 Å². The molecule has 0 spiro atoms. The van der Waals surface area contributed by atoms with E-state index in [0.29, 0.717) is 23.8 Å². The number of primary amides is 1. The Bertz CT molecular complexity index is 520. The normalized spacial score (nSPS) is 21.2. The number of morpholine rings is 1. The Hall–Kier alpha value is -1.14. The highest BCUT2D eigenvalue weighted by atomic mass is 35.5. The maximum Gasteiger partial charge on any atom is 0.248 e. The Labute approximate surface area is 129 Å². The van der Waals surface area contributed by atoms with Crippen LogP contribution in [0.5, 0.6) is 0 Å². The standard InChI is InChI=1S/C15H21ClN2O3/c1-15(2)9-18-6-12(21-15)8-20-7-11-4-3-10(14(17)19)5-13(11)16/h3-5,12,18H,6-9H2,1-2H3,(H2,17,19). The second kappa shape index (κ2) is 6.75. The van der Waals surface area contributed by atoms with Crippen LogP contribution < -0.4 is 11.1 Å². The van der Waals surface area contributed by atoms with Gasteiger partial charge in [0.1, 0.15) is 0 Å². The number of nitrogens with one attached hydrogen (secondary N) is 1. The first-order chi connectivity index (χ1) is 9.87. The van der Waals surface area contributed by atoms with Gasteiger partial charge < -0.3 is 20.5 Å². The SMILES string of the molecule is CC1(C)CNCC(COCc2ccc(C(N)=O)cc2Cl)O1. The molecule has 116 valence electrons. The Morgan fingerprint density at radius 3 is 2.95 bits per heavy atom. The van der Waals surface area contributed by atoms with Gasteiger partial charge in [-0.2, -0.15) is 0 Å². The van der Waals surface area contributed by atoms with Gasteiger partial charge in [-0.25, -0.2) is 0 Å². The quantitative estimate of drug-likeness (QED) is 0.868. The van der Waals surface area contributed by atoms with Gasteiger partial charge >= 0.3 is 0 Å². The fourth-order valence-corrected chi connectivity index (χ4v) is 2.51. The fourth-order valence-electron chi connectivity index (χ4n) is 2.28. The average molecular weight is 313 g/mol. The number of rotatable bonds is 5. The lowest BCUT2D eigenvalue weighted by atomic mass is 10.1. The highest BCUT2D eigenvalue weighted by Gasteiger charge is 2.28. The second-order valence-corrected chi connectivity index (χ2v) is 6.22. The van der Waals surface area contributed by atoms with E-state index in [-0.39, 0.29) is 11.7 Å². The number of benzene rings is 1. The van der Waals surface area contributed by atoms with Gasteiger partial charge in [-0.3, -0.25) is 4.79 Å². The number of halogens is 1. The highest BCUT2D eigenvalue weighted by molar-refractivity contribution is 6.31. The summed E-state index contributed by atoms with van der Waals surface area (Å²) in [6.45, 7) is 6.57. The van der Waals surface area contributed by atoms with Crippen molar-refractivity contribution >= 4 is 17.5 Å². The van der Waals surface area contributed by atoms with E-state index in [0.717, 1.165) is 18.7 Å². The van der Waals surface area contributed by atoms with E-state index in [2.05, 4.69) is 5.32 Å². The van der Waals surface area contributed by atoms with Gasteiger partial charge in [0, 0.05) is 23.7 Å². The summed E-state index contributed by atoms with van der Waals surface area (Å²) in [6, 6.07) is 4.96. The first kappa shape index (κ1) is 16.2. The van der Waals surface area contributed by atoms with Crippen molar-refractivity contribution in [2.75, 3.05) is 19.7 Å². The number of ether oxygens (including phenoxy) is 2. The maximum atomic E-state index is 11.1. The summed E-state index contributed by atoms with van der Waals surface area (Å²) in [5, 5.41) is 3.80. The molecule has 2 rings (SSSR count). The molecule has 21 heavy (non-hydrogen) atoms. The highest BCUT2D eigenvalue weighted by Crippen LogP contribution is 2.20. The van der Waals surface area contributed by atoms with Gasteiger partial charge in [-0.1, -0.05) is 17.7 Å². The summed E-state index contributed by atoms with van der Waals surface area (Å²) in [4.78, 5) is 11.1. The minimum atomic E-state index is -0.492. The van der Waals surface area contributed by atoms with Crippen molar-refractivity contribution in [3.63, 3.8) is 0 Å². The summed E-state index contributed by atoms with van der Waals surface area (Å²) in [6.07, 6.45) is 0.0254. The molecule has 1 aromatic rings. The predicted molar refractivity (Wildman–Crippen MR) is 81.4 cm³/mol. The molecule has 1 fully saturated rings. The smallest absolute Gasteiger partial charge is 0.248 e. The minimum Gasteiger partial charge on any atom is -0.374 e. The molecule has 1 aliphatic rings. The third-order valence-corrected chi connectivity index (χ3v) is 3.66. The molecule has 0 saturated carbocycles. The lowest BCUT2D eigenvalue weighted by molar-refractivity contribution is -0.122. The van der Waals surface area contributed by atoms with E-state index in [9.17, 15) is 4.79 Å². The van der Waals surface area contributed by atoms with Crippen LogP contribution in [-0.4, -0.2) is 37.3 Å². The van der Waals surface area contributed by atoms with Gasteiger partial charge in [0.15, 0.2) is 0 Å². The molecule has 1 unspecified atom stereocenters. The molecule has 0 aromatic heterocycles. The topological polar surface area (TPSA) is 73.6 Å². The monoisotopic (exact) mass is 312 g/mol. The Morgan fingerprint density at radius 2 is 2.33 bits per heavy atom. The molecule has 0 aliphatic carbocycles. The van der Waals surface area contributed by atoms with Crippen LogP contribution in [0.15, 0.2) is 18.2 Å². The van der Waals surface area contributed by atoms with Crippen molar-refractivity contribution in [3.05, 3.63) is 34.3 Å². The summed E-state index contributed by atoms with van der Waals surface area (Å²) in [5.41, 5.74) is 6.25. The summed E-state index contributed by atoms with van der Waals surface area (Å²) < 4.78 is 11.6. The lowest BCUT2D eigenvalue weighted by Crippen LogP contribution is -2.51. The van der Waals surface area contributed by atoms with Gasteiger partial charge in [-0.15, -0.1) is 0 Å². The number of hydrogen-bond donors (Lipinski definition) is 2. The van der Waals surface area contributed by atoms with Crippen LogP contribution in [0.25, 0.3) is 0 Å². The second-order valence-electron chi connectivity index (χ2n) is 5.82. The van der Waals surface area contributed by atoms with Crippen LogP contribution >= 0.6 is 11.6 Å². The van der Waals surface area contributed by atoms with Crippen LogP contribution in [0, 0.1) is 0 Å². The van der Waals surface area contributed by atoms with Crippen molar-refractivity contribution in [2.24, 2.45) is 5.73 Å². The molecule has 1 aromatic carbocycles. The number of nitrogens with two attached hydrogens (primary N) is 1. The largest absolute Gasteiger partial charge is 0.374 e. The van der Waals surface area contributed by atoms with Crippen molar-refractivity contribution < 1.29 is 14.3 Å². The molecule has 0 radical (unpaired) electrons. The van der Waals surface area contributed by atoms with Gasteiger partial charge in [0.2, 0.25) is 5.91 Å². The predicted octanol–water partition coefficient (Wildman–Crippen LogP) is 1.72. The molecular formula is C15H21ClN2O3. The number of carbonyl (C=O) groups excluding carboxylic acids is 1. The van der Waals surface area contributed by atoms with Crippen LogP contribution in [0.1, 0.15) is 29.8 Å². The van der Waals surface area contributed by atoms with Crippen molar-refractivity contribution in [1.82, 2.24) is 5.32 Å². The molecule has 1 saturated heterocycles. The third-order valence-electron chi connectivity index (χ3n) is 3.31. The molecule has 1 atom stereocenters. The average Bonchev–Trinajstić information content (AvgIpc) is 2.39. The van der Waals surface area contributed by atoms with E-state index in [1.165, 1.54) is 0 Å². The van der Waals surface area contributed by atoms with Gasteiger partial charge in [0.05, 0.1) is 24.9 Å². The molecule has 3 N–H and O–H groups in total. The van der Waals surface area contributed by atoms with Gasteiger partial charge in [-0.05, 0) is 31.5 Å². The number of amides is 1. The lowest BCUT2D eigenvalue weighted by Gasteiger charge is -2.36. The zero-order valence-corrected chi connectivity index (χ0v) is 13.1. The van der Waals surface area contributed by atoms with Crippen LogP contribution in [0.2, 0.25) is 5.02 Å². The van der Waals surface area contributed by atoms with Crippen molar-refractivity contribution in [3.8, 4) is 0 Å². The van der Waals surface area contributed by atoms with Crippen molar-refractivity contribution in [1.29, 1.82) is 0 Å². The van der Waals surface area contributed by atoms with E-state index < -0.39 is 5.91 Å². The zero-order valence-electron chi connectivity index (χ0n) is 12.3. The van der Waals surface area contributed by atoms with Crippen molar-refractivity contribution in [2.45, 2.75) is 32.2 Å². The van der Waals surface area contributed by atoms with E-state index >= 15 is 0 Å². The molecule has 0 bridgehead atoms. The minimum absolute atomic E-state index is 0.0254. The maximum absolute atomic E-state index is 11.1. The van der Waals surface area contributed by atoms with Crippen LogP contribution in [0.4, 0.5) is 0 Å². The third kappa shape index (κ3) is 4.68. The van der Waals surface area contributed by atoms with Crippen LogP contribution in [0.3, 0.4) is 0 Å². The molecule has 6 heteroatoms. The number of carbonyl (C=O) groups is 1. The first-order valence-corrected chi connectivity index (χ1v) is 7.30. The Morgan fingerprint density at radius 1 is 1.57 bits per heavy atom. The molecule has 1 aliphatic heterocycles. The Balaban J connectivity index is 1.85. The van der Waals surface area contributed by atoms with Gasteiger partial charge in [0.25, 0.3) is 0 Å². The van der Waals surface area contributed by atoms with E-state index in [1.807, 2.05) is 13.8 Å². The molecular weight excluding hydrogens is 292 g/mol. The Kier molecular flexibility index (Phi) is 5.22. The summed E-state index contributed by atoms with van der Waals surface area (Å²) in [7, 11) is 0. The zero-order chi connectivity index (χ0) is 15.5. The molecule has 1 amide bonds. The fraction of sp³-hybridized carbons (Fsp3) is 0.533. The first-order valence-electron chi connectivity index (χ1n) is 6.92. The van der Waals surface area contributed by atoms with E-state index in [4.69, 9.17) is 26.8 Å². The number of hydrogen-bond acceptors (Lipinski definition) is 4. The molecule has 5 nitrogen and oxygen atoms in total. The molecule has 1 heterocycles. The van der Waals surface area contributed by atoms with E-state index in [1.54, 1.807) is 18.2 Å². The summed E-state index contributed by atoms with van der Waals surface area (Å²) >= 11 is 6.11. The summed E-state index contributed by atoms with van der Waals surface area (Å²) in [5.74, 6) is -0.492.